The number of ether oxygens (including phenoxy) is 1. The molecular weight excluding hydrogens is 190 g/mol. The van der Waals surface area contributed by atoms with Gasteiger partial charge in [0.25, 0.3) is 0 Å². The van der Waals surface area contributed by atoms with Crippen LogP contribution in [0.25, 0.3) is 0 Å². The quantitative estimate of drug-likeness (QED) is 0.767. The summed E-state index contributed by atoms with van der Waals surface area (Å²) in [5.74, 6) is 0.451. The van der Waals surface area contributed by atoms with Crippen molar-refractivity contribution >= 4 is 11.6 Å². The molecule has 1 rings (SSSR count). The third-order valence-corrected chi connectivity index (χ3v) is 1.88. The van der Waals surface area contributed by atoms with Gasteiger partial charge in [-0.1, -0.05) is 12.6 Å². The van der Waals surface area contributed by atoms with Crippen LogP contribution >= 0.6 is 0 Å². The maximum Gasteiger partial charge on any atom is 0.247 e. The fourth-order valence-electron chi connectivity index (χ4n) is 1.19. The van der Waals surface area contributed by atoms with Gasteiger partial charge in [0.15, 0.2) is 0 Å². The van der Waals surface area contributed by atoms with E-state index in [2.05, 4.69) is 11.9 Å². The lowest BCUT2D eigenvalue weighted by molar-refractivity contribution is -0.111. The molecule has 3 nitrogen and oxygen atoms in total. The van der Waals surface area contributed by atoms with Gasteiger partial charge in [-0.25, -0.2) is 0 Å². The van der Waals surface area contributed by atoms with Crippen LogP contribution in [0.5, 0.6) is 5.75 Å². The number of anilines is 1. The van der Waals surface area contributed by atoms with Crippen LogP contribution in [-0.4, -0.2) is 12.5 Å². The van der Waals surface area contributed by atoms with E-state index in [-0.39, 0.29) is 5.91 Å². The Morgan fingerprint density at radius 3 is 2.93 bits per heavy atom. The highest BCUT2D eigenvalue weighted by molar-refractivity contribution is 5.99. The number of amides is 1. The Hall–Kier alpha value is -1.77. The van der Waals surface area contributed by atoms with Crippen molar-refractivity contribution in [3.05, 3.63) is 36.4 Å². The Balaban J connectivity index is 2.94. The van der Waals surface area contributed by atoms with Crippen LogP contribution in [0.1, 0.15) is 12.5 Å². The van der Waals surface area contributed by atoms with Gasteiger partial charge in [-0.05, 0) is 37.6 Å². The third-order valence-electron chi connectivity index (χ3n) is 1.88. The van der Waals surface area contributed by atoms with E-state index in [1.165, 1.54) is 6.08 Å². The number of rotatable bonds is 4. The second kappa shape index (κ2) is 5.20. The Labute approximate surface area is 89.8 Å². The van der Waals surface area contributed by atoms with Gasteiger partial charge in [0.1, 0.15) is 5.75 Å². The molecule has 1 aromatic carbocycles. The molecule has 0 spiro atoms. The summed E-state index contributed by atoms with van der Waals surface area (Å²) in [5.41, 5.74) is 1.77. The molecule has 80 valence electrons. The number of carbonyl (C=O) groups excluding carboxylic acids is 1. The standard InChI is InChI=1S/C12H15NO2/c1-4-12(14)13-10-7-6-9(3)8-11(10)15-5-2/h4,6-8H,1,5H2,2-3H3,(H,13,14). The van der Waals surface area contributed by atoms with E-state index in [0.29, 0.717) is 18.0 Å². The average molecular weight is 205 g/mol. The first-order chi connectivity index (χ1) is 7.17. The minimum atomic E-state index is -0.236. The summed E-state index contributed by atoms with van der Waals surface area (Å²) >= 11 is 0. The molecule has 1 aromatic rings. The molecule has 0 saturated carbocycles. The van der Waals surface area contributed by atoms with Gasteiger partial charge < -0.3 is 10.1 Å². The maximum absolute atomic E-state index is 11.1. The van der Waals surface area contributed by atoms with Crippen molar-refractivity contribution in [1.82, 2.24) is 0 Å². The molecule has 0 saturated heterocycles. The lowest BCUT2D eigenvalue weighted by Crippen LogP contribution is -2.09. The highest BCUT2D eigenvalue weighted by Gasteiger charge is 2.05. The van der Waals surface area contributed by atoms with Crippen LogP contribution in [0.3, 0.4) is 0 Å². The van der Waals surface area contributed by atoms with Gasteiger partial charge >= 0.3 is 0 Å². The lowest BCUT2D eigenvalue weighted by Gasteiger charge is -2.11. The first-order valence-electron chi connectivity index (χ1n) is 4.84. The van der Waals surface area contributed by atoms with Gasteiger partial charge in [0.05, 0.1) is 12.3 Å². The Morgan fingerprint density at radius 2 is 2.33 bits per heavy atom. The summed E-state index contributed by atoms with van der Waals surface area (Å²) < 4.78 is 5.41. The van der Waals surface area contributed by atoms with Crippen LogP contribution in [0.4, 0.5) is 5.69 Å². The molecule has 0 aliphatic rings. The number of nitrogens with one attached hydrogen (secondary N) is 1. The van der Waals surface area contributed by atoms with Crippen LogP contribution in [0, 0.1) is 6.92 Å². The fraction of sp³-hybridized carbons (Fsp3) is 0.250. The molecule has 1 N–H and O–H groups in total. The summed E-state index contributed by atoms with van der Waals surface area (Å²) in [7, 11) is 0. The van der Waals surface area contributed by atoms with E-state index >= 15 is 0 Å². The monoisotopic (exact) mass is 205 g/mol. The van der Waals surface area contributed by atoms with Crippen molar-refractivity contribution < 1.29 is 9.53 Å². The summed E-state index contributed by atoms with van der Waals surface area (Å²) in [4.78, 5) is 11.1. The van der Waals surface area contributed by atoms with Gasteiger partial charge in [-0.3, -0.25) is 4.79 Å². The molecule has 0 radical (unpaired) electrons. The van der Waals surface area contributed by atoms with Crippen LogP contribution in [0.15, 0.2) is 30.9 Å². The number of benzene rings is 1. The minimum Gasteiger partial charge on any atom is -0.492 e. The van der Waals surface area contributed by atoms with Crippen molar-refractivity contribution in [2.75, 3.05) is 11.9 Å². The summed E-state index contributed by atoms with van der Waals surface area (Å²) in [5, 5.41) is 2.69. The predicted molar refractivity (Wildman–Crippen MR) is 61.2 cm³/mol. The van der Waals surface area contributed by atoms with Gasteiger partial charge in [-0.2, -0.15) is 0 Å². The second-order valence-corrected chi connectivity index (χ2v) is 3.13. The molecule has 0 atom stereocenters. The molecule has 0 aliphatic heterocycles. The first kappa shape index (κ1) is 11.3. The Kier molecular flexibility index (Phi) is 3.92. The fourth-order valence-corrected chi connectivity index (χ4v) is 1.19. The summed E-state index contributed by atoms with van der Waals surface area (Å²) in [6, 6.07) is 5.63. The maximum atomic E-state index is 11.1. The number of aryl methyl sites for hydroxylation is 1. The number of hydrogen-bond donors (Lipinski definition) is 1. The number of hydrogen-bond acceptors (Lipinski definition) is 2. The predicted octanol–water partition coefficient (Wildman–Crippen LogP) is 2.52. The molecular formula is C12H15NO2. The van der Waals surface area contributed by atoms with Crippen molar-refractivity contribution in [2.24, 2.45) is 0 Å². The van der Waals surface area contributed by atoms with E-state index < -0.39 is 0 Å². The smallest absolute Gasteiger partial charge is 0.247 e. The van der Waals surface area contributed by atoms with Crippen molar-refractivity contribution in [2.45, 2.75) is 13.8 Å². The molecule has 0 fully saturated rings. The highest BCUT2D eigenvalue weighted by Crippen LogP contribution is 2.25. The average Bonchev–Trinajstić information content (AvgIpc) is 2.22. The zero-order valence-corrected chi connectivity index (χ0v) is 9.04. The lowest BCUT2D eigenvalue weighted by atomic mass is 10.2. The number of carbonyl (C=O) groups is 1. The molecule has 1 amide bonds. The SMILES string of the molecule is C=CC(=O)Nc1ccc(C)cc1OCC. The largest absolute Gasteiger partial charge is 0.492 e. The van der Waals surface area contributed by atoms with Crippen LogP contribution in [0.2, 0.25) is 0 Å². The molecule has 0 unspecified atom stereocenters. The summed E-state index contributed by atoms with van der Waals surface area (Å²) in [6.45, 7) is 7.85. The van der Waals surface area contributed by atoms with Crippen molar-refractivity contribution in [1.29, 1.82) is 0 Å². The third kappa shape index (κ3) is 3.13. The molecule has 3 heteroatoms. The highest BCUT2D eigenvalue weighted by atomic mass is 16.5. The van der Waals surface area contributed by atoms with Crippen LogP contribution < -0.4 is 10.1 Å². The van der Waals surface area contributed by atoms with Gasteiger partial charge in [0.2, 0.25) is 5.91 Å². The second-order valence-electron chi connectivity index (χ2n) is 3.13. The normalized spacial score (nSPS) is 9.47. The first-order valence-corrected chi connectivity index (χ1v) is 4.84. The Morgan fingerprint density at radius 1 is 1.60 bits per heavy atom. The van der Waals surface area contributed by atoms with E-state index in [4.69, 9.17) is 4.74 Å². The molecule has 0 aromatic heterocycles. The summed E-state index contributed by atoms with van der Waals surface area (Å²) in [6.07, 6.45) is 1.23. The zero-order chi connectivity index (χ0) is 11.3. The zero-order valence-electron chi connectivity index (χ0n) is 9.04. The van der Waals surface area contributed by atoms with E-state index in [1.807, 2.05) is 32.0 Å². The van der Waals surface area contributed by atoms with Gasteiger partial charge in [-0.15, -0.1) is 0 Å². The van der Waals surface area contributed by atoms with Crippen molar-refractivity contribution in [3.63, 3.8) is 0 Å². The Bertz CT molecular complexity index is 372. The van der Waals surface area contributed by atoms with E-state index in [1.54, 1.807) is 0 Å². The molecule has 15 heavy (non-hydrogen) atoms. The van der Waals surface area contributed by atoms with Crippen LogP contribution in [-0.2, 0) is 4.79 Å². The van der Waals surface area contributed by atoms with E-state index in [9.17, 15) is 4.79 Å². The minimum absolute atomic E-state index is 0.236. The van der Waals surface area contributed by atoms with E-state index in [0.717, 1.165) is 5.56 Å². The van der Waals surface area contributed by atoms with Crippen molar-refractivity contribution in [3.8, 4) is 5.75 Å². The topological polar surface area (TPSA) is 38.3 Å². The molecule has 0 bridgehead atoms. The van der Waals surface area contributed by atoms with Gasteiger partial charge in [0, 0.05) is 0 Å². The molecule has 0 aliphatic carbocycles. The molecule has 0 heterocycles.